The van der Waals surface area contributed by atoms with Gasteiger partial charge in [-0.05, 0) is 24.6 Å². The maximum absolute atomic E-state index is 11.7. The van der Waals surface area contributed by atoms with Crippen molar-refractivity contribution in [3.63, 3.8) is 0 Å². The fourth-order valence-electron chi connectivity index (χ4n) is 1.65. The summed E-state index contributed by atoms with van der Waals surface area (Å²) >= 11 is 0. The van der Waals surface area contributed by atoms with E-state index in [4.69, 9.17) is 0 Å². The second-order valence-corrected chi connectivity index (χ2v) is 4.34. The number of urea groups is 1. The van der Waals surface area contributed by atoms with E-state index < -0.39 is 0 Å². The topological polar surface area (TPSA) is 61.4 Å². The summed E-state index contributed by atoms with van der Waals surface area (Å²) in [6.45, 7) is 2.48. The van der Waals surface area contributed by atoms with Crippen molar-refractivity contribution < 1.29 is 9.90 Å². The maximum Gasteiger partial charge on any atom is 0.319 e. The Morgan fingerprint density at radius 3 is 2.58 bits per heavy atom. The molecule has 2 amide bonds. The Bertz CT molecular complexity index is 565. The number of nitrogens with one attached hydrogen (secondary N) is 2. The van der Waals surface area contributed by atoms with Crippen LogP contribution in [-0.4, -0.2) is 11.1 Å². The van der Waals surface area contributed by atoms with E-state index in [0.29, 0.717) is 12.2 Å². The number of aryl methyl sites for hydroxylation is 1. The van der Waals surface area contributed by atoms with Gasteiger partial charge in [-0.2, -0.15) is 0 Å². The highest BCUT2D eigenvalue weighted by Crippen LogP contribution is 2.15. The van der Waals surface area contributed by atoms with Gasteiger partial charge in [0.05, 0.1) is 0 Å². The first-order valence-corrected chi connectivity index (χ1v) is 6.03. The number of aromatic hydroxyl groups is 1. The van der Waals surface area contributed by atoms with Crippen LogP contribution in [0.1, 0.15) is 11.1 Å². The molecule has 0 heterocycles. The number of benzene rings is 2. The molecule has 2 aromatic carbocycles. The molecule has 0 unspecified atom stereocenters. The van der Waals surface area contributed by atoms with Gasteiger partial charge in [-0.1, -0.05) is 35.9 Å². The van der Waals surface area contributed by atoms with E-state index in [0.717, 1.165) is 5.56 Å². The Balaban J connectivity index is 1.86. The van der Waals surface area contributed by atoms with Gasteiger partial charge in [0.25, 0.3) is 0 Å². The molecule has 0 bridgehead atoms. The minimum Gasteiger partial charge on any atom is -0.508 e. The van der Waals surface area contributed by atoms with Gasteiger partial charge in [-0.3, -0.25) is 0 Å². The third-order valence-electron chi connectivity index (χ3n) is 2.68. The highest BCUT2D eigenvalue weighted by atomic mass is 16.3. The number of phenolic OH excluding ortho intramolecular Hbond substituents is 1. The number of carbonyl (C=O) groups excluding carboxylic acids is 1. The van der Waals surface area contributed by atoms with Crippen LogP contribution in [0, 0.1) is 6.92 Å². The fourth-order valence-corrected chi connectivity index (χ4v) is 1.65. The van der Waals surface area contributed by atoms with Crippen LogP contribution in [0.25, 0.3) is 0 Å². The van der Waals surface area contributed by atoms with Crippen molar-refractivity contribution >= 4 is 11.7 Å². The van der Waals surface area contributed by atoms with Crippen molar-refractivity contribution in [2.24, 2.45) is 0 Å². The molecule has 4 nitrogen and oxygen atoms in total. The first-order valence-electron chi connectivity index (χ1n) is 6.03. The average molecular weight is 256 g/mol. The second kappa shape index (κ2) is 5.91. The summed E-state index contributed by atoms with van der Waals surface area (Å²) in [5.41, 5.74) is 2.78. The maximum atomic E-state index is 11.7. The summed E-state index contributed by atoms with van der Waals surface area (Å²) in [4.78, 5) is 11.7. The van der Waals surface area contributed by atoms with Crippen molar-refractivity contribution in [2.75, 3.05) is 5.32 Å². The zero-order valence-electron chi connectivity index (χ0n) is 10.7. The molecule has 0 spiro atoms. The Hall–Kier alpha value is -2.49. The van der Waals surface area contributed by atoms with E-state index in [1.807, 2.05) is 31.2 Å². The van der Waals surface area contributed by atoms with E-state index >= 15 is 0 Å². The lowest BCUT2D eigenvalue weighted by Crippen LogP contribution is -2.28. The van der Waals surface area contributed by atoms with Crippen molar-refractivity contribution in [3.8, 4) is 5.75 Å². The summed E-state index contributed by atoms with van der Waals surface area (Å²) in [6.07, 6.45) is 0. The average Bonchev–Trinajstić information content (AvgIpc) is 2.38. The van der Waals surface area contributed by atoms with Crippen LogP contribution in [-0.2, 0) is 6.54 Å². The molecule has 2 rings (SSSR count). The summed E-state index contributed by atoms with van der Waals surface area (Å²) in [7, 11) is 0. The third-order valence-corrected chi connectivity index (χ3v) is 2.68. The van der Waals surface area contributed by atoms with E-state index in [-0.39, 0.29) is 11.8 Å². The highest BCUT2D eigenvalue weighted by molar-refractivity contribution is 5.89. The lowest BCUT2D eigenvalue weighted by molar-refractivity contribution is 0.251. The van der Waals surface area contributed by atoms with E-state index in [1.54, 1.807) is 18.2 Å². The molecule has 0 aliphatic rings. The summed E-state index contributed by atoms with van der Waals surface area (Å²) in [5.74, 6) is 0.122. The lowest BCUT2D eigenvalue weighted by atomic mass is 10.1. The van der Waals surface area contributed by atoms with Crippen LogP contribution < -0.4 is 10.6 Å². The number of hydrogen-bond donors (Lipinski definition) is 3. The van der Waals surface area contributed by atoms with Crippen LogP contribution in [0.2, 0.25) is 0 Å². The van der Waals surface area contributed by atoms with Crippen molar-refractivity contribution in [2.45, 2.75) is 13.5 Å². The van der Waals surface area contributed by atoms with Crippen molar-refractivity contribution in [3.05, 3.63) is 59.7 Å². The number of amides is 2. The molecule has 0 radical (unpaired) electrons. The highest BCUT2D eigenvalue weighted by Gasteiger charge is 2.02. The number of carbonyl (C=O) groups is 1. The summed E-state index contributed by atoms with van der Waals surface area (Å²) in [5, 5.41) is 14.7. The summed E-state index contributed by atoms with van der Waals surface area (Å²) < 4.78 is 0. The molecule has 0 aliphatic carbocycles. The van der Waals surface area contributed by atoms with Gasteiger partial charge in [0.1, 0.15) is 5.75 Å². The molecular weight excluding hydrogens is 240 g/mol. The van der Waals surface area contributed by atoms with Gasteiger partial charge in [0.15, 0.2) is 0 Å². The fraction of sp³-hybridized carbons (Fsp3) is 0.133. The molecule has 98 valence electrons. The minimum absolute atomic E-state index is 0.122. The number of anilines is 1. The first-order chi connectivity index (χ1) is 9.13. The SMILES string of the molecule is Cc1ccc(CNC(=O)Nc2cccc(O)c2)cc1. The smallest absolute Gasteiger partial charge is 0.319 e. The normalized spacial score (nSPS) is 9.95. The second-order valence-electron chi connectivity index (χ2n) is 4.34. The molecule has 0 saturated heterocycles. The minimum atomic E-state index is -0.300. The van der Waals surface area contributed by atoms with Gasteiger partial charge in [0.2, 0.25) is 0 Å². The molecule has 0 fully saturated rings. The van der Waals surface area contributed by atoms with Crippen LogP contribution >= 0.6 is 0 Å². The zero-order chi connectivity index (χ0) is 13.7. The predicted molar refractivity (Wildman–Crippen MR) is 75.1 cm³/mol. The summed E-state index contributed by atoms with van der Waals surface area (Å²) in [6, 6.07) is 14.1. The third kappa shape index (κ3) is 4.03. The molecule has 0 atom stereocenters. The molecule has 0 aromatic heterocycles. The Kier molecular flexibility index (Phi) is 4.03. The number of phenols is 1. The standard InChI is InChI=1S/C15H16N2O2/c1-11-5-7-12(8-6-11)10-16-15(19)17-13-3-2-4-14(18)9-13/h2-9,18H,10H2,1H3,(H2,16,17,19). The largest absolute Gasteiger partial charge is 0.508 e. The Labute approximate surface area is 112 Å². The van der Waals surface area contributed by atoms with Crippen molar-refractivity contribution in [1.82, 2.24) is 5.32 Å². The van der Waals surface area contributed by atoms with Gasteiger partial charge >= 0.3 is 6.03 Å². The number of rotatable bonds is 3. The van der Waals surface area contributed by atoms with Crippen LogP contribution in [0.5, 0.6) is 5.75 Å². The molecule has 19 heavy (non-hydrogen) atoms. The molecule has 4 heteroatoms. The van der Waals surface area contributed by atoms with Crippen LogP contribution in [0.3, 0.4) is 0 Å². The van der Waals surface area contributed by atoms with E-state index in [2.05, 4.69) is 10.6 Å². The van der Waals surface area contributed by atoms with Gasteiger partial charge in [-0.25, -0.2) is 4.79 Å². The Morgan fingerprint density at radius 2 is 1.89 bits per heavy atom. The zero-order valence-corrected chi connectivity index (χ0v) is 10.7. The first kappa shape index (κ1) is 13.0. The monoisotopic (exact) mass is 256 g/mol. The quantitative estimate of drug-likeness (QED) is 0.790. The van der Waals surface area contributed by atoms with Crippen LogP contribution in [0.15, 0.2) is 48.5 Å². The van der Waals surface area contributed by atoms with E-state index in [9.17, 15) is 9.90 Å². The Morgan fingerprint density at radius 1 is 1.16 bits per heavy atom. The molecule has 2 aromatic rings. The molecule has 0 saturated carbocycles. The van der Waals surface area contributed by atoms with Crippen molar-refractivity contribution in [1.29, 1.82) is 0 Å². The van der Waals surface area contributed by atoms with Gasteiger partial charge < -0.3 is 15.7 Å². The van der Waals surface area contributed by atoms with Gasteiger partial charge in [-0.15, -0.1) is 0 Å². The lowest BCUT2D eigenvalue weighted by Gasteiger charge is -2.08. The van der Waals surface area contributed by atoms with Gasteiger partial charge in [0, 0.05) is 18.3 Å². The molecular formula is C15H16N2O2. The van der Waals surface area contributed by atoms with Crippen LogP contribution in [0.4, 0.5) is 10.5 Å². The number of hydrogen-bond acceptors (Lipinski definition) is 2. The predicted octanol–water partition coefficient (Wildman–Crippen LogP) is 3.02. The molecule has 0 aliphatic heterocycles. The molecule has 3 N–H and O–H groups in total. The van der Waals surface area contributed by atoms with E-state index in [1.165, 1.54) is 11.6 Å².